The van der Waals surface area contributed by atoms with E-state index >= 15 is 0 Å². The van der Waals surface area contributed by atoms with Crippen molar-refractivity contribution < 1.29 is 44.3 Å². The number of methoxy groups -OCH3 is 1. The van der Waals surface area contributed by atoms with E-state index in [4.69, 9.17) is 15.2 Å². The Kier molecular flexibility index (Phi) is 11.2. The van der Waals surface area contributed by atoms with Crippen molar-refractivity contribution in [3.05, 3.63) is 47.0 Å². The number of ether oxygens (including phenoxy) is 2. The van der Waals surface area contributed by atoms with Gasteiger partial charge in [0.25, 0.3) is 5.91 Å². The highest BCUT2D eigenvalue weighted by molar-refractivity contribution is 6.02. The average molecular weight is 668 g/mol. The van der Waals surface area contributed by atoms with Gasteiger partial charge in [-0.05, 0) is 110 Å². The molecule has 0 aromatic heterocycles. The minimum atomic E-state index is -1.24. The zero-order valence-electron chi connectivity index (χ0n) is 27.7. The number of carbonyl (C=O) groups excluding carboxylic acids is 3. The first kappa shape index (κ1) is 35.4. The number of hydrogen-bond donors (Lipinski definition) is 7. The topological polar surface area (TPSA) is 201 Å². The van der Waals surface area contributed by atoms with Crippen molar-refractivity contribution in [3.63, 3.8) is 0 Å². The highest BCUT2D eigenvalue weighted by Gasteiger charge is 2.55. The summed E-state index contributed by atoms with van der Waals surface area (Å²) in [5.74, 6) is -0.102. The molecular weight excluding hydrogens is 618 g/mol. The zero-order chi connectivity index (χ0) is 34.6. The average Bonchev–Trinajstić information content (AvgIpc) is 3.40. The number of anilines is 1. The van der Waals surface area contributed by atoms with Crippen LogP contribution in [0.15, 0.2) is 30.3 Å². The van der Waals surface area contributed by atoms with Gasteiger partial charge in [0, 0.05) is 19.4 Å². The van der Waals surface area contributed by atoms with Gasteiger partial charge in [-0.1, -0.05) is 13.0 Å². The number of phenolic OH excluding ortho intramolecular Hbond substituents is 1. The smallest absolute Gasteiger partial charge is 0.256 e. The molecule has 5 rings (SSSR count). The van der Waals surface area contributed by atoms with Crippen LogP contribution in [-0.4, -0.2) is 76.7 Å². The van der Waals surface area contributed by atoms with E-state index in [1.54, 1.807) is 0 Å². The van der Waals surface area contributed by atoms with E-state index in [2.05, 4.69) is 23.6 Å². The Hall–Kier alpha value is -3.87. The van der Waals surface area contributed by atoms with E-state index in [0.717, 1.165) is 38.5 Å². The molecule has 8 N–H and O–H groups in total. The Morgan fingerprint density at radius 3 is 2.44 bits per heavy atom. The summed E-state index contributed by atoms with van der Waals surface area (Å²) in [6.07, 6.45) is 3.98. The second-order valence-electron chi connectivity index (χ2n) is 13.8. The summed E-state index contributed by atoms with van der Waals surface area (Å²) in [6, 6.07) is 8.60. The summed E-state index contributed by atoms with van der Waals surface area (Å²) < 4.78 is 11.4. The Morgan fingerprint density at radius 1 is 1.00 bits per heavy atom. The lowest BCUT2D eigenvalue weighted by Crippen LogP contribution is -2.45. The summed E-state index contributed by atoms with van der Waals surface area (Å²) in [6.45, 7) is 3.13. The molecule has 0 spiro atoms. The van der Waals surface area contributed by atoms with Crippen molar-refractivity contribution in [1.82, 2.24) is 5.32 Å². The number of amides is 3. The van der Waals surface area contributed by atoms with Crippen LogP contribution in [0, 0.1) is 17.3 Å². The molecule has 3 aliphatic carbocycles. The highest BCUT2D eigenvalue weighted by atomic mass is 16.5. The highest BCUT2D eigenvalue weighted by Crippen LogP contribution is 2.61. The molecule has 0 radical (unpaired) electrons. The van der Waals surface area contributed by atoms with Gasteiger partial charge < -0.3 is 46.3 Å². The summed E-state index contributed by atoms with van der Waals surface area (Å²) in [7, 11) is 1.31. The molecule has 0 bridgehead atoms. The predicted octanol–water partition coefficient (Wildman–Crippen LogP) is 3.48. The minimum Gasteiger partial charge on any atom is -0.508 e. The maximum absolute atomic E-state index is 12.5. The fraction of sp³-hybridized carbons (Fsp3) is 0.583. The van der Waals surface area contributed by atoms with Crippen molar-refractivity contribution in [2.75, 3.05) is 25.6 Å². The van der Waals surface area contributed by atoms with Crippen LogP contribution >= 0.6 is 0 Å². The van der Waals surface area contributed by atoms with Crippen LogP contribution < -0.4 is 21.1 Å². The molecule has 12 nitrogen and oxygen atoms in total. The van der Waals surface area contributed by atoms with Crippen molar-refractivity contribution in [3.8, 4) is 17.2 Å². The van der Waals surface area contributed by atoms with Crippen molar-refractivity contribution in [2.24, 2.45) is 23.0 Å². The van der Waals surface area contributed by atoms with Crippen molar-refractivity contribution >= 4 is 23.4 Å². The molecule has 7 atom stereocenters. The van der Waals surface area contributed by atoms with Gasteiger partial charge in [-0.2, -0.15) is 0 Å². The third-order valence-electron chi connectivity index (χ3n) is 11.0. The van der Waals surface area contributed by atoms with Gasteiger partial charge in [-0.3, -0.25) is 14.4 Å². The van der Waals surface area contributed by atoms with E-state index in [0.29, 0.717) is 36.7 Å². The molecular formula is C36H49N3O9. The van der Waals surface area contributed by atoms with Gasteiger partial charge in [-0.25, -0.2) is 0 Å². The van der Waals surface area contributed by atoms with Crippen LogP contribution in [0.5, 0.6) is 17.2 Å². The number of nitrogens with one attached hydrogen (secondary N) is 2. The number of aliphatic hydroxyl groups excluding tert-OH is 2. The second-order valence-corrected chi connectivity index (χ2v) is 13.8. The Labute approximate surface area is 281 Å². The maximum atomic E-state index is 12.5. The maximum Gasteiger partial charge on any atom is 0.256 e. The monoisotopic (exact) mass is 667 g/mol. The predicted molar refractivity (Wildman–Crippen MR) is 178 cm³/mol. The zero-order valence-corrected chi connectivity index (χ0v) is 27.7. The van der Waals surface area contributed by atoms with E-state index in [1.165, 1.54) is 30.4 Å². The summed E-state index contributed by atoms with van der Waals surface area (Å²) >= 11 is 0. The molecule has 0 aliphatic heterocycles. The molecule has 0 saturated heterocycles. The largest absolute Gasteiger partial charge is 0.508 e. The van der Waals surface area contributed by atoms with E-state index in [9.17, 15) is 34.8 Å². The second kappa shape index (κ2) is 15.1. The number of hydrogen-bond acceptors (Lipinski definition) is 9. The van der Waals surface area contributed by atoms with E-state index in [1.807, 2.05) is 12.1 Å². The van der Waals surface area contributed by atoms with Crippen LogP contribution in [0.25, 0.3) is 0 Å². The van der Waals surface area contributed by atoms with Gasteiger partial charge in [-0.15, -0.1) is 0 Å². The van der Waals surface area contributed by atoms with Crippen LogP contribution in [0.2, 0.25) is 0 Å². The SMILES string of the molecule is COc1ccc(NC(=O)CCC(O)C(O)CCC(=O)NCCOC2CCC3C4CCc5cc(O)ccc5C4CCC23C)c(O)c1C(N)=O. The first-order valence-corrected chi connectivity index (χ1v) is 17.0. The number of rotatable bonds is 14. The number of aliphatic hydroxyl groups is 2. The quantitative estimate of drug-likeness (QED) is 0.116. The first-order valence-electron chi connectivity index (χ1n) is 17.0. The lowest BCUT2D eigenvalue weighted by Gasteiger charge is -2.50. The lowest BCUT2D eigenvalue weighted by molar-refractivity contribution is -0.123. The van der Waals surface area contributed by atoms with Crippen LogP contribution in [-0.2, 0) is 20.7 Å². The molecule has 3 amide bonds. The molecule has 48 heavy (non-hydrogen) atoms. The molecule has 7 unspecified atom stereocenters. The van der Waals surface area contributed by atoms with Crippen molar-refractivity contribution in [2.45, 2.75) is 95.4 Å². The minimum absolute atomic E-state index is 0.00553. The lowest BCUT2D eigenvalue weighted by atomic mass is 9.55. The Bertz CT molecular complexity index is 1500. The number of phenols is 2. The number of aromatic hydroxyl groups is 2. The molecule has 2 aromatic carbocycles. The Morgan fingerprint density at radius 2 is 1.73 bits per heavy atom. The number of nitrogens with two attached hydrogens (primary N) is 1. The van der Waals surface area contributed by atoms with Gasteiger partial charge in [0.05, 0.1) is 37.7 Å². The first-order chi connectivity index (χ1) is 22.9. The summed E-state index contributed by atoms with van der Waals surface area (Å²) in [5, 5.41) is 46.3. The van der Waals surface area contributed by atoms with Crippen molar-refractivity contribution in [1.29, 1.82) is 0 Å². The van der Waals surface area contributed by atoms with E-state index < -0.39 is 29.8 Å². The van der Waals surface area contributed by atoms with Crippen LogP contribution in [0.1, 0.15) is 92.1 Å². The molecule has 2 saturated carbocycles. The van der Waals surface area contributed by atoms with Gasteiger partial charge in [0.15, 0.2) is 5.75 Å². The number of aryl methyl sites for hydroxylation is 1. The third-order valence-corrected chi connectivity index (χ3v) is 11.0. The van der Waals surface area contributed by atoms with Gasteiger partial charge in [0.2, 0.25) is 11.8 Å². The molecule has 262 valence electrons. The van der Waals surface area contributed by atoms with Gasteiger partial charge >= 0.3 is 0 Å². The molecule has 3 aliphatic rings. The normalized spacial score (nSPS) is 25.6. The van der Waals surface area contributed by atoms with Crippen LogP contribution in [0.4, 0.5) is 5.69 Å². The summed E-state index contributed by atoms with van der Waals surface area (Å²) in [5.41, 5.74) is 7.80. The fourth-order valence-electron chi connectivity index (χ4n) is 8.51. The number of carbonyl (C=O) groups is 3. The Balaban J connectivity index is 0.991. The molecule has 2 aromatic rings. The van der Waals surface area contributed by atoms with Gasteiger partial charge in [0.1, 0.15) is 17.1 Å². The molecule has 0 heterocycles. The number of primary amides is 1. The third kappa shape index (κ3) is 7.55. The molecule has 2 fully saturated rings. The summed E-state index contributed by atoms with van der Waals surface area (Å²) in [4.78, 5) is 36.5. The molecule has 12 heteroatoms. The fourth-order valence-corrected chi connectivity index (χ4v) is 8.51. The standard InChI is InChI=1S/C36H49N3O9/c1-36-16-15-23-22-6-4-21(40)19-20(22)3-5-24(23)25(36)7-12-30(36)48-18-17-38-31(43)13-9-27(41)28(42)10-14-32(44)39-26-8-11-29(47-2)33(34(26)45)35(37)46/h4,6,8,11,19,23-25,27-28,30,40-42,45H,3,5,7,9-10,12-18H2,1-2H3,(H2,37,46)(H,38,43)(H,39,44). The van der Waals surface area contributed by atoms with Crippen LogP contribution in [0.3, 0.4) is 0 Å². The number of benzene rings is 2. The van der Waals surface area contributed by atoms with E-state index in [-0.39, 0.29) is 60.1 Å². The number of fused-ring (bicyclic) bond motifs is 5.